The van der Waals surface area contributed by atoms with Crippen molar-refractivity contribution in [2.24, 2.45) is 0 Å². The SMILES string of the molecule is COc1ccc(-c2nnc(SCc3cn4ccccc4n3)o2)cc1. The van der Waals surface area contributed by atoms with E-state index in [-0.39, 0.29) is 0 Å². The van der Waals surface area contributed by atoms with Crippen molar-refractivity contribution >= 4 is 17.4 Å². The van der Waals surface area contributed by atoms with Gasteiger partial charge in [0.2, 0.25) is 5.89 Å². The van der Waals surface area contributed by atoms with Gasteiger partial charge in [-0.3, -0.25) is 0 Å². The maximum atomic E-state index is 5.70. The molecule has 0 saturated heterocycles. The highest BCUT2D eigenvalue weighted by Crippen LogP contribution is 2.26. The molecule has 3 heterocycles. The van der Waals surface area contributed by atoms with Crippen LogP contribution in [0.15, 0.2) is 64.5 Å². The molecule has 120 valence electrons. The van der Waals surface area contributed by atoms with Crippen molar-refractivity contribution in [2.45, 2.75) is 11.0 Å². The summed E-state index contributed by atoms with van der Waals surface area (Å²) < 4.78 is 12.8. The molecule has 1 aromatic carbocycles. The van der Waals surface area contributed by atoms with Gasteiger partial charge >= 0.3 is 0 Å². The average Bonchev–Trinajstić information content (AvgIpc) is 3.26. The van der Waals surface area contributed by atoms with Gasteiger partial charge in [-0.1, -0.05) is 17.8 Å². The lowest BCUT2D eigenvalue weighted by atomic mass is 10.2. The Bertz CT molecular complexity index is 929. The lowest BCUT2D eigenvalue weighted by Gasteiger charge is -1.99. The molecule has 24 heavy (non-hydrogen) atoms. The highest BCUT2D eigenvalue weighted by molar-refractivity contribution is 7.98. The van der Waals surface area contributed by atoms with Crippen molar-refractivity contribution in [3.8, 4) is 17.2 Å². The van der Waals surface area contributed by atoms with Gasteiger partial charge in [0.25, 0.3) is 5.22 Å². The summed E-state index contributed by atoms with van der Waals surface area (Å²) in [5.74, 6) is 1.96. The summed E-state index contributed by atoms with van der Waals surface area (Å²) >= 11 is 1.47. The molecule has 4 aromatic rings. The zero-order valence-electron chi connectivity index (χ0n) is 12.9. The second kappa shape index (κ2) is 6.37. The molecule has 0 unspecified atom stereocenters. The fourth-order valence-electron chi connectivity index (χ4n) is 2.31. The van der Waals surface area contributed by atoms with Crippen LogP contribution in [0.1, 0.15) is 5.69 Å². The van der Waals surface area contributed by atoms with E-state index < -0.39 is 0 Å². The van der Waals surface area contributed by atoms with Crippen molar-refractivity contribution in [1.29, 1.82) is 0 Å². The van der Waals surface area contributed by atoms with E-state index in [0.717, 1.165) is 22.7 Å². The first-order chi connectivity index (χ1) is 11.8. The molecule has 3 aromatic heterocycles. The van der Waals surface area contributed by atoms with E-state index in [4.69, 9.17) is 9.15 Å². The molecule has 0 bridgehead atoms. The summed E-state index contributed by atoms with van der Waals surface area (Å²) in [6, 6.07) is 13.4. The first-order valence-electron chi connectivity index (χ1n) is 7.35. The summed E-state index contributed by atoms with van der Waals surface area (Å²) in [6.45, 7) is 0. The molecule has 0 radical (unpaired) electrons. The van der Waals surface area contributed by atoms with Crippen molar-refractivity contribution in [3.05, 3.63) is 60.6 Å². The number of imidazole rings is 1. The van der Waals surface area contributed by atoms with Gasteiger partial charge in [0.15, 0.2) is 0 Å². The number of ether oxygens (including phenoxy) is 1. The number of benzene rings is 1. The minimum Gasteiger partial charge on any atom is -0.497 e. The Labute approximate surface area is 142 Å². The van der Waals surface area contributed by atoms with Crippen LogP contribution in [0.25, 0.3) is 17.1 Å². The standard InChI is InChI=1S/C17H14N4O2S/c1-22-14-7-5-12(6-8-14)16-19-20-17(23-16)24-11-13-10-21-9-3-2-4-15(21)18-13/h2-10H,11H2,1H3. The highest BCUT2D eigenvalue weighted by atomic mass is 32.2. The number of nitrogens with zero attached hydrogens (tertiary/aromatic N) is 4. The van der Waals surface area contributed by atoms with Crippen LogP contribution in [-0.2, 0) is 5.75 Å². The predicted molar refractivity (Wildman–Crippen MR) is 91.0 cm³/mol. The summed E-state index contributed by atoms with van der Waals surface area (Å²) in [5.41, 5.74) is 2.76. The maximum absolute atomic E-state index is 5.70. The van der Waals surface area contributed by atoms with Crippen LogP contribution in [0.4, 0.5) is 0 Å². The quantitative estimate of drug-likeness (QED) is 0.517. The number of pyridine rings is 1. The summed E-state index contributed by atoms with van der Waals surface area (Å²) in [5, 5.41) is 8.70. The van der Waals surface area contributed by atoms with E-state index in [0.29, 0.717) is 16.9 Å². The molecular weight excluding hydrogens is 324 g/mol. The van der Waals surface area contributed by atoms with E-state index in [1.165, 1.54) is 11.8 Å². The van der Waals surface area contributed by atoms with Crippen LogP contribution in [0, 0.1) is 0 Å². The Hall–Kier alpha value is -2.80. The molecule has 6 nitrogen and oxygen atoms in total. The molecule has 7 heteroatoms. The molecule has 0 aliphatic rings. The number of methoxy groups -OCH3 is 1. The molecule has 0 saturated carbocycles. The summed E-state index contributed by atoms with van der Waals surface area (Å²) in [4.78, 5) is 4.55. The maximum Gasteiger partial charge on any atom is 0.277 e. The average molecular weight is 338 g/mol. The number of rotatable bonds is 5. The van der Waals surface area contributed by atoms with Crippen LogP contribution in [-0.4, -0.2) is 26.7 Å². The van der Waals surface area contributed by atoms with E-state index in [1.54, 1.807) is 7.11 Å². The van der Waals surface area contributed by atoms with E-state index in [9.17, 15) is 0 Å². The van der Waals surface area contributed by atoms with Crippen molar-refractivity contribution in [2.75, 3.05) is 7.11 Å². The molecule has 0 aliphatic carbocycles. The first kappa shape index (κ1) is 14.8. The van der Waals surface area contributed by atoms with Crippen molar-refractivity contribution in [1.82, 2.24) is 19.6 Å². The second-order valence-electron chi connectivity index (χ2n) is 5.09. The van der Waals surface area contributed by atoms with Gasteiger partial charge in [-0.25, -0.2) is 4.98 Å². The molecule has 0 N–H and O–H groups in total. The summed E-state index contributed by atoms with van der Waals surface area (Å²) in [6.07, 6.45) is 3.98. The zero-order valence-corrected chi connectivity index (χ0v) is 13.7. The van der Waals surface area contributed by atoms with Crippen molar-refractivity contribution < 1.29 is 9.15 Å². The lowest BCUT2D eigenvalue weighted by Crippen LogP contribution is -1.82. The van der Waals surface area contributed by atoms with Crippen LogP contribution < -0.4 is 4.74 Å². The minimum atomic E-state index is 0.496. The number of hydrogen-bond donors (Lipinski definition) is 0. The lowest BCUT2D eigenvalue weighted by molar-refractivity contribution is 0.414. The normalized spacial score (nSPS) is 11.0. The van der Waals surface area contributed by atoms with Gasteiger partial charge in [-0.2, -0.15) is 0 Å². The van der Waals surface area contributed by atoms with Gasteiger partial charge in [0.05, 0.1) is 12.8 Å². The monoisotopic (exact) mass is 338 g/mol. The Balaban J connectivity index is 1.46. The Morgan fingerprint density at radius 2 is 2.00 bits per heavy atom. The third-order valence-electron chi connectivity index (χ3n) is 3.50. The zero-order chi connectivity index (χ0) is 16.4. The largest absolute Gasteiger partial charge is 0.497 e. The molecule has 0 amide bonds. The fraction of sp³-hybridized carbons (Fsp3) is 0.118. The molecule has 4 rings (SSSR count). The van der Waals surface area contributed by atoms with E-state index in [2.05, 4.69) is 15.2 Å². The second-order valence-corrected chi connectivity index (χ2v) is 6.02. The smallest absolute Gasteiger partial charge is 0.277 e. The number of fused-ring (bicyclic) bond motifs is 1. The Morgan fingerprint density at radius 1 is 1.12 bits per heavy atom. The third-order valence-corrected chi connectivity index (χ3v) is 4.35. The van der Waals surface area contributed by atoms with E-state index >= 15 is 0 Å². The number of aromatic nitrogens is 4. The minimum absolute atomic E-state index is 0.496. The Morgan fingerprint density at radius 3 is 2.79 bits per heavy atom. The van der Waals surface area contributed by atoms with Gasteiger partial charge in [0, 0.05) is 23.7 Å². The molecular formula is C17H14N4O2S. The van der Waals surface area contributed by atoms with E-state index in [1.807, 2.05) is 59.3 Å². The molecule has 0 aliphatic heterocycles. The van der Waals surface area contributed by atoms with Crippen LogP contribution in [0.2, 0.25) is 0 Å². The van der Waals surface area contributed by atoms with Crippen LogP contribution in [0.3, 0.4) is 0 Å². The van der Waals surface area contributed by atoms with Gasteiger partial charge < -0.3 is 13.6 Å². The molecule has 0 fully saturated rings. The fourth-order valence-corrected chi connectivity index (χ4v) is 2.96. The third kappa shape index (κ3) is 2.98. The van der Waals surface area contributed by atoms with Gasteiger partial charge in [-0.15, -0.1) is 10.2 Å². The molecule has 0 spiro atoms. The number of hydrogen-bond acceptors (Lipinski definition) is 6. The predicted octanol–water partition coefficient (Wildman–Crippen LogP) is 3.69. The Kier molecular flexibility index (Phi) is 3.92. The van der Waals surface area contributed by atoms with Crippen LogP contribution >= 0.6 is 11.8 Å². The van der Waals surface area contributed by atoms with Gasteiger partial charge in [0.1, 0.15) is 11.4 Å². The molecule has 0 atom stereocenters. The first-order valence-corrected chi connectivity index (χ1v) is 8.34. The topological polar surface area (TPSA) is 65.5 Å². The van der Waals surface area contributed by atoms with Gasteiger partial charge in [-0.05, 0) is 36.4 Å². The summed E-state index contributed by atoms with van der Waals surface area (Å²) in [7, 11) is 1.63. The highest BCUT2D eigenvalue weighted by Gasteiger charge is 2.10. The van der Waals surface area contributed by atoms with Crippen LogP contribution in [0.5, 0.6) is 5.75 Å². The number of thioether (sulfide) groups is 1. The van der Waals surface area contributed by atoms with Crippen molar-refractivity contribution in [3.63, 3.8) is 0 Å².